The van der Waals surface area contributed by atoms with Gasteiger partial charge >= 0.3 is 5.92 Å². The average molecular weight is 419 g/mol. The van der Waals surface area contributed by atoms with E-state index in [9.17, 15) is 13.7 Å². The van der Waals surface area contributed by atoms with Gasteiger partial charge in [-0.15, -0.1) is 0 Å². The minimum Gasteiger partial charge on any atom is -0.346 e. The summed E-state index contributed by atoms with van der Waals surface area (Å²) in [7, 11) is -3.44. The highest BCUT2D eigenvalue weighted by molar-refractivity contribution is 7.89. The third-order valence-corrected chi connectivity index (χ3v) is 7.45. The molecule has 0 bridgehead atoms. The molecule has 1 N–H and O–H groups in total. The Morgan fingerprint density at radius 1 is 1.28 bits per heavy atom. The molecular weight excluding hydrogens is 404 g/mol. The summed E-state index contributed by atoms with van der Waals surface area (Å²) in [5, 5.41) is 13.9. The molecule has 1 saturated heterocycles. The van der Waals surface area contributed by atoms with Gasteiger partial charge in [0.1, 0.15) is 28.9 Å². The lowest BCUT2D eigenvalue weighted by Crippen LogP contribution is -2.64. The van der Waals surface area contributed by atoms with Gasteiger partial charge in [0.2, 0.25) is 10.0 Å². The number of aromatic nitrogens is 5. The fourth-order valence-electron chi connectivity index (χ4n) is 4.03. The van der Waals surface area contributed by atoms with Crippen molar-refractivity contribution >= 4 is 21.1 Å². The Hall–Kier alpha value is -2.91. The molecule has 0 amide bonds. The molecule has 9 nitrogen and oxygen atoms in total. The second kappa shape index (κ2) is 5.58. The predicted molar refractivity (Wildman–Crippen MR) is 97.3 cm³/mol. The van der Waals surface area contributed by atoms with Gasteiger partial charge in [0.15, 0.2) is 0 Å². The molecule has 3 aromatic heterocycles. The van der Waals surface area contributed by atoms with E-state index in [1.54, 1.807) is 0 Å². The van der Waals surface area contributed by atoms with Crippen LogP contribution in [0, 0.1) is 11.3 Å². The Morgan fingerprint density at radius 3 is 2.72 bits per heavy atom. The summed E-state index contributed by atoms with van der Waals surface area (Å²) < 4.78 is 57.2. The Kier molecular flexibility index (Phi) is 3.49. The number of fused-ring (bicyclic) bond motifs is 2. The third-order valence-electron chi connectivity index (χ3n) is 5.68. The highest BCUT2D eigenvalue weighted by Crippen LogP contribution is 2.50. The Morgan fingerprint density at radius 2 is 2.03 bits per heavy atom. The van der Waals surface area contributed by atoms with E-state index in [1.165, 1.54) is 34.6 Å². The molecule has 3 aromatic rings. The molecule has 150 valence electrons. The van der Waals surface area contributed by atoms with Gasteiger partial charge in [0.05, 0.1) is 34.8 Å². The van der Waals surface area contributed by atoms with Gasteiger partial charge in [-0.1, -0.05) is 0 Å². The van der Waals surface area contributed by atoms with Crippen LogP contribution in [0.3, 0.4) is 0 Å². The number of alkyl halides is 2. The van der Waals surface area contributed by atoms with Crippen LogP contribution >= 0.6 is 0 Å². The first-order valence-corrected chi connectivity index (χ1v) is 10.5. The van der Waals surface area contributed by atoms with E-state index in [-0.39, 0.29) is 53.2 Å². The summed E-state index contributed by atoms with van der Waals surface area (Å²) in [5.41, 5.74) is -0.946. The van der Waals surface area contributed by atoms with Crippen molar-refractivity contribution in [3.63, 3.8) is 0 Å². The van der Waals surface area contributed by atoms with Gasteiger partial charge in [0.25, 0.3) is 0 Å². The lowest BCUT2D eigenvalue weighted by molar-refractivity contribution is 0.0424. The van der Waals surface area contributed by atoms with Crippen molar-refractivity contribution < 1.29 is 17.2 Å². The number of nitrogens with zero attached hydrogens (tertiary/aromatic N) is 6. The molecule has 5 rings (SSSR count). The van der Waals surface area contributed by atoms with Gasteiger partial charge in [-0.2, -0.15) is 23.4 Å². The lowest BCUT2D eigenvalue weighted by Gasteiger charge is -2.47. The monoisotopic (exact) mass is 419 g/mol. The highest BCUT2D eigenvalue weighted by Gasteiger charge is 2.52. The minimum atomic E-state index is -3.44. The summed E-state index contributed by atoms with van der Waals surface area (Å²) in [6, 6.07) is 2.03. The van der Waals surface area contributed by atoms with Gasteiger partial charge in [-0.05, 0) is 6.92 Å². The van der Waals surface area contributed by atoms with Gasteiger partial charge in [0, 0.05) is 25.5 Å². The van der Waals surface area contributed by atoms with Crippen LogP contribution in [0.4, 0.5) is 8.78 Å². The molecule has 0 saturated carbocycles. The van der Waals surface area contributed by atoms with Crippen molar-refractivity contribution in [1.82, 2.24) is 29.0 Å². The number of hydrogen-bond donors (Lipinski definition) is 1. The molecule has 0 atom stereocenters. The predicted octanol–water partition coefficient (Wildman–Crippen LogP) is 1.55. The SMILES string of the molecule is CCS(=O)(=O)N1CC(CC#N)(n2cc3c(n2)-c2ncnc4[nH]cc(c24)C3(F)F)C1. The van der Waals surface area contributed by atoms with E-state index in [4.69, 9.17) is 0 Å². The highest BCUT2D eigenvalue weighted by atomic mass is 32.2. The molecule has 0 spiro atoms. The topological polar surface area (TPSA) is 121 Å². The molecular formula is C17H15F2N7O2S. The smallest absolute Gasteiger partial charge is 0.304 e. The molecule has 29 heavy (non-hydrogen) atoms. The summed E-state index contributed by atoms with van der Waals surface area (Å²) in [6.07, 6.45) is 3.65. The van der Waals surface area contributed by atoms with Gasteiger partial charge < -0.3 is 4.98 Å². The number of aromatic amines is 1. The number of hydrogen-bond acceptors (Lipinski definition) is 6. The standard InChI is InChI=1S/C17H15F2N7O2S/c1-2-29(27,28)25-7-16(8-25,3-4-20)26-6-11-13(24-26)14-12-10(17(11,18)19)5-21-15(12)23-9-22-14/h5-6,9H,2-3,7-8H2,1H3,(H,21,22,23). The van der Waals surface area contributed by atoms with E-state index in [0.29, 0.717) is 5.65 Å². The summed E-state index contributed by atoms with van der Waals surface area (Å²) >= 11 is 0. The number of rotatable bonds is 4. The van der Waals surface area contributed by atoms with Crippen molar-refractivity contribution in [2.45, 2.75) is 24.8 Å². The zero-order valence-electron chi connectivity index (χ0n) is 15.2. The van der Waals surface area contributed by atoms with Crippen LogP contribution in [0.1, 0.15) is 24.5 Å². The van der Waals surface area contributed by atoms with Crippen LogP contribution in [0.25, 0.3) is 22.4 Å². The fraction of sp³-hybridized carbons (Fsp3) is 0.412. The van der Waals surface area contributed by atoms with Crippen molar-refractivity contribution in [1.29, 1.82) is 5.26 Å². The lowest BCUT2D eigenvalue weighted by atomic mass is 9.89. The largest absolute Gasteiger partial charge is 0.346 e. The fourth-order valence-corrected chi connectivity index (χ4v) is 5.27. The third kappa shape index (κ3) is 2.25. The molecule has 0 radical (unpaired) electrons. The Labute approximate surface area is 164 Å². The van der Waals surface area contributed by atoms with Crippen molar-refractivity contribution in [2.75, 3.05) is 18.8 Å². The van der Waals surface area contributed by atoms with Gasteiger partial charge in [-0.3, -0.25) is 4.68 Å². The second-order valence-electron chi connectivity index (χ2n) is 7.29. The molecule has 1 aliphatic heterocycles. The maximum atomic E-state index is 15.2. The first-order chi connectivity index (χ1) is 13.7. The first-order valence-electron chi connectivity index (χ1n) is 8.89. The van der Waals surface area contributed by atoms with Crippen molar-refractivity contribution in [3.05, 3.63) is 29.8 Å². The minimum absolute atomic E-state index is 0.00893. The molecule has 0 unspecified atom stereocenters. The summed E-state index contributed by atoms with van der Waals surface area (Å²) in [5.74, 6) is -3.39. The molecule has 2 aliphatic rings. The van der Waals surface area contributed by atoms with Crippen LogP contribution in [-0.2, 0) is 21.5 Å². The molecule has 12 heteroatoms. The van der Waals surface area contributed by atoms with Crippen molar-refractivity contribution in [3.8, 4) is 17.5 Å². The van der Waals surface area contributed by atoms with Crippen LogP contribution in [0.15, 0.2) is 18.7 Å². The normalized spacial score (nSPS) is 19.5. The number of sulfonamides is 1. The second-order valence-corrected chi connectivity index (χ2v) is 9.54. The number of nitriles is 1. The van der Waals surface area contributed by atoms with Crippen LogP contribution < -0.4 is 0 Å². The number of nitrogens with one attached hydrogen (secondary N) is 1. The maximum absolute atomic E-state index is 15.2. The quantitative estimate of drug-likeness (QED) is 0.685. The summed E-state index contributed by atoms with van der Waals surface area (Å²) in [6.45, 7) is 1.55. The average Bonchev–Trinajstić information content (AvgIpc) is 3.29. The molecule has 1 aliphatic carbocycles. The van der Waals surface area contributed by atoms with E-state index < -0.39 is 21.5 Å². The first kappa shape index (κ1) is 18.1. The van der Waals surface area contributed by atoms with E-state index in [2.05, 4.69) is 20.1 Å². The maximum Gasteiger partial charge on any atom is 0.304 e. The number of H-pyrrole nitrogens is 1. The molecule has 4 heterocycles. The molecule has 1 fully saturated rings. The Bertz CT molecular complexity index is 1300. The number of halogens is 2. The van der Waals surface area contributed by atoms with Crippen LogP contribution in [-0.4, -0.2) is 56.3 Å². The molecule has 0 aromatic carbocycles. The Balaban J connectivity index is 1.65. The summed E-state index contributed by atoms with van der Waals surface area (Å²) in [4.78, 5) is 10.9. The van der Waals surface area contributed by atoms with E-state index in [0.717, 1.165) is 0 Å². The zero-order chi connectivity index (χ0) is 20.6. The zero-order valence-corrected chi connectivity index (χ0v) is 16.0. The van der Waals surface area contributed by atoms with Crippen LogP contribution in [0.2, 0.25) is 0 Å². The van der Waals surface area contributed by atoms with Gasteiger partial charge in [-0.25, -0.2) is 18.4 Å². The van der Waals surface area contributed by atoms with Crippen molar-refractivity contribution in [2.24, 2.45) is 0 Å². The van der Waals surface area contributed by atoms with E-state index >= 15 is 8.78 Å². The van der Waals surface area contributed by atoms with Crippen LogP contribution in [0.5, 0.6) is 0 Å². The van der Waals surface area contributed by atoms with E-state index in [1.807, 2.05) is 6.07 Å².